The first-order chi connectivity index (χ1) is 9.47. The van der Waals surface area contributed by atoms with E-state index in [1.54, 1.807) is 5.38 Å². The van der Waals surface area contributed by atoms with Crippen LogP contribution in [0.1, 0.15) is 25.6 Å². The molecule has 2 aromatic rings. The highest BCUT2D eigenvalue weighted by Crippen LogP contribution is 2.28. The van der Waals surface area contributed by atoms with Gasteiger partial charge in [0.1, 0.15) is 10.7 Å². The molecule has 4 nitrogen and oxygen atoms in total. The summed E-state index contributed by atoms with van der Waals surface area (Å²) in [5, 5.41) is 10.5. The number of aromatic carboxylic acids is 1. The van der Waals surface area contributed by atoms with Crippen LogP contribution in [0.25, 0.3) is 0 Å². The number of carboxylic acid groups (broad SMARTS) is 1. The summed E-state index contributed by atoms with van der Waals surface area (Å²) in [7, 11) is 0. The maximum Gasteiger partial charge on any atom is 0.345 e. The molecule has 7 heteroatoms. The summed E-state index contributed by atoms with van der Waals surface area (Å²) in [5.74, 6) is -1.72. The zero-order valence-electron chi connectivity index (χ0n) is 10.1. The van der Waals surface area contributed by atoms with Gasteiger partial charge in [-0.25, -0.2) is 9.18 Å². The van der Waals surface area contributed by atoms with Crippen LogP contribution in [0, 0.1) is 5.82 Å². The number of rotatable bonds is 5. The van der Waals surface area contributed by atoms with E-state index in [-0.39, 0.29) is 10.4 Å². The van der Waals surface area contributed by atoms with E-state index in [4.69, 9.17) is 10.8 Å². The lowest BCUT2D eigenvalue weighted by Crippen LogP contribution is -2.11. The summed E-state index contributed by atoms with van der Waals surface area (Å²) in [4.78, 5) is 22.8. The number of benzene rings is 1. The molecule has 1 aromatic heterocycles. The van der Waals surface area contributed by atoms with Crippen molar-refractivity contribution in [1.82, 2.24) is 0 Å². The Kier molecular flexibility index (Phi) is 4.41. The molecular weight excluding hydrogens is 301 g/mol. The molecule has 0 aliphatic rings. The van der Waals surface area contributed by atoms with Crippen LogP contribution in [-0.2, 0) is 5.75 Å². The third-order valence-electron chi connectivity index (χ3n) is 2.51. The number of thioether (sulfide) groups is 1. The number of hydrogen-bond donors (Lipinski definition) is 2. The van der Waals surface area contributed by atoms with Crippen molar-refractivity contribution in [3.8, 4) is 0 Å². The van der Waals surface area contributed by atoms with Gasteiger partial charge < -0.3 is 10.8 Å². The van der Waals surface area contributed by atoms with E-state index in [1.807, 2.05) is 0 Å². The predicted molar refractivity (Wildman–Crippen MR) is 75.8 cm³/mol. The minimum absolute atomic E-state index is 0.235. The highest BCUT2D eigenvalue weighted by Gasteiger charge is 2.10. The zero-order chi connectivity index (χ0) is 14.7. The molecule has 0 saturated heterocycles. The van der Waals surface area contributed by atoms with Crippen LogP contribution < -0.4 is 5.73 Å². The summed E-state index contributed by atoms with van der Waals surface area (Å²) in [6, 6.07) is 5.48. The first-order valence-electron chi connectivity index (χ1n) is 5.50. The Balaban J connectivity index is 2.11. The average Bonchev–Trinajstić information content (AvgIpc) is 2.86. The Hall–Kier alpha value is -1.86. The van der Waals surface area contributed by atoms with Crippen LogP contribution in [0.4, 0.5) is 4.39 Å². The Morgan fingerprint density at radius 3 is 2.70 bits per heavy atom. The van der Waals surface area contributed by atoms with Gasteiger partial charge in [0, 0.05) is 21.6 Å². The number of amides is 1. The molecule has 1 aromatic carbocycles. The van der Waals surface area contributed by atoms with E-state index in [0.29, 0.717) is 11.3 Å². The number of primary amides is 1. The van der Waals surface area contributed by atoms with Gasteiger partial charge >= 0.3 is 5.97 Å². The molecular formula is C13H10FNO3S2. The molecule has 1 amide bonds. The first-order valence-corrected chi connectivity index (χ1v) is 7.37. The van der Waals surface area contributed by atoms with Crippen molar-refractivity contribution >= 4 is 35.0 Å². The smallest absolute Gasteiger partial charge is 0.345 e. The maximum atomic E-state index is 13.6. The molecule has 0 aliphatic carbocycles. The van der Waals surface area contributed by atoms with Gasteiger partial charge in [-0.05, 0) is 29.8 Å². The number of hydrogen-bond acceptors (Lipinski definition) is 4. The van der Waals surface area contributed by atoms with E-state index in [9.17, 15) is 14.0 Å². The molecule has 0 radical (unpaired) electrons. The number of nitrogens with two attached hydrogens (primary N) is 1. The highest BCUT2D eigenvalue weighted by molar-refractivity contribution is 7.98. The minimum atomic E-state index is -0.983. The SMILES string of the molecule is NC(=O)c1ccc(F)c(CSc2csc(C(=O)O)c2)c1. The van der Waals surface area contributed by atoms with E-state index in [2.05, 4.69) is 0 Å². The Morgan fingerprint density at radius 2 is 2.10 bits per heavy atom. The van der Waals surface area contributed by atoms with Gasteiger partial charge in [0.25, 0.3) is 0 Å². The fraction of sp³-hybridized carbons (Fsp3) is 0.0769. The van der Waals surface area contributed by atoms with Crippen molar-refractivity contribution in [1.29, 1.82) is 0 Å². The molecule has 3 N–H and O–H groups in total. The summed E-state index contributed by atoms with van der Waals surface area (Å²) in [6.07, 6.45) is 0. The summed E-state index contributed by atoms with van der Waals surface area (Å²) in [5.41, 5.74) is 5.75. The Bertz CT molecular complexity index is 669. The molecule has 1 heterocycles. The van der Waals surface area contributed by atoms with Crippen molar-refractivity contribution in [2.75, 3.05) is 0 Å². The van der Waals surface area contributed by atoms with Gasteiger partial charge in [-0.15, -0.1) is 23.1 Å². The summed E-state index contributed by atoms with van der Waals surface area (Å²) >= 11 is 2.42. The number of carbonyl (C=O) groups is 2. The normalized spacial score (nSPS) is 10.4. The molecule has 0 atom stereocenters. The van der Waals surface area contributed by atoms with Crippen molar-refractivity contribution < 1.29 is 19.1 Å². The third kappa shape index (κ3) is 3.37. The van der Waals surface area contributed by atoms with Crippen molar-refractivity contribution in [2.45, 2.75) is 10.6 Å². The number of halogens is 1. The molecule has 0 aliphatic heterocycles. The third-order valence-corrected chi connectivity index (χ3v) is 4.60. The molecule has 0 spiro atoms. The van der Waals surface area contributed by atoms with Crippen LogP contribution in [-0.4, -0.2) is 17.0 Å². The van der Waals surface area contributed by atoms with Crippen molar-refractivity contribution in [3.05, 3.63) is 51.5 Å². The standard InChI is InChI=1S/C13H10FNO3S2/c14-10-2-1-7(12(15)16)3-8(10)5-19-9-4-11(13(17)18)20-6-9/h1-4,6H,5H2,(H2,15,16)(H,17,18). The lowest BCUT2D eigenvalue weighted by Gasteiger charge is -2.04. The van der Waals surface area contributed by atoms with Crippen LogP contribution in [0.5, 0.6) is 0 Å². The molecule has 104 valence electrons. The molecule has 0 saturated carbocycles. The zero-order valence-corrected chi connectivity index (χ0v) is 11.8. The minimum Gasteiger partial charge on any atom is -0.477 e. The second-order valence-corrected chi connectivity index (χ2v) is 5.87. The molecule has 20 heavy (non-hydrogen) atoms. The van der Waals surface area contributed by atoms with Gasteiger partial charge in [-0.2, -0.15) is 0 Å². The first kappa shape index (κ1) is 14.5. The second-order valence-electron chi connectivity index (χ2n) is 3.91. The highest BCUT2D eigenvalue weighted by atomic mass is 32.2. The molecule has 0 bridgehead atoms. The van der Waals surface area contributed by atoms with Crippen LogP contribution >= 0.6 is 23.1 Å². The second kappa shape index (κ2) is 6.06. The summed E-state index contributed by atoms with van der Waals surface area (Å²) < 4.78 is 13.6. The van der Waals surface area contributed by atoms with Gasteiger partial charge in [0.05, 0.1) is 0 Å². The van der Waals surface area contributed by atoms with Gasteiger partial charge in [-0.3, -0.25) is 4.79 Å². The van der Waals surface area contributed by atoms with Crippen LogP contribution in [0.3, 0.4) is 0 Å². The van der Waals surface area contributed by atoms with Crippen LogP contribution in [0.15, 0.2) is 34.5 Å². The monoisotopic (exact) mass is 311 g/mol. The molecule has 0 unspecified atom stereocenters. The molecule has 2 rings (SSSR count). The van der Waals surface area contributed by atoms with Crippen molar-refractivity contribution in [3.63, 3.8) is 0 Å². The van der Waals surface area contributed by atoms with Crippen molar-refractivity contribution in [2.24, 2.45) is 5.73 Å². The Labute approximate surface area is 122 Å². The summed E-state index contributed by atoms with van der Waals surface area (Å²) in [6.45, 7) is 0. The van der Waals surface area contributed by atoms with Gasteiger partial charge in [0.15, 0.2) is 0 Å². The van der Waals surface area contributed by atoms with E-state index in [1.165, 1.54) is 36.0 Å². The number of carboxylic acids is 1. The van der Waals surface area contributed by atoms with E-state index < -0.39 is 17.7 Å². The maximum absolute atomic E-state index is 13.6. The number of carbonyl (C=O) groups excluding carboxylic acids is 1. The average molecular weight is 311 g/mol. The van der Waals surface area contributed by atoms with Gasteiger partial charge in [0.2, 0.25) is 5.91 Å². The lowest BCUT2D eigenvalue weighted by molar-refractivity contribution is 0.0701. The number of thiophene rings is 1. The lowest BCUT2D eigenvalue weighted by atomic mass is 10.1. The van der Waals surface area contributed by atoms with E-state index in [0.717, 1.165) is 16.2 Å². The fourth-order valence-electron chi connectivity index (χ4n) is 1.51. The quantitative estimate of drug-likeness (QED) is 0.832. The van der Waals surface area contributed by atoms with Crippen LogP contribution in [0.2, 0.25) is 0 Å². The largest absolute Gasteiger partial charge is 0.477 e. The predicted octanol–water partition coefficient (Wildman–Crippen LogP) is 2.98. The molecule has 0 fully saturated rings. The fourth-order valence-corrected chi connectivity index (χ4v) is 3.35. The van der Waals surface area contributed by atoms with Gasteiger partial charge in [-0.1, -0.05) is 0 Å². The van der Waals surface area contributed by atoms with E-state index >= 15 is 0 Å². The topological polar surface area (TPSA) is 80.4 Å². The Morgan fingerprint density at radius 1 is 1.35 bits per heavy atom.